The van der Waals surface area contributed by atoms with Gasteiger partial charge in [0, 0.05) is 15.3 Å². The molecule has 1 unspecified atom stereocenters. The Morgan fingerprint density at radius 3 is 0.860 bits per heavy atom. The van der Waals surface area contributed by atoms with Gasteiger partial charge in [-0.3, -0.25) is 0 Å². The van der Waals surface area contributed by atoms with Gasteiger partial charge >= 0.3 is 0 Å². The van der Waals surface area contributed by atoms with Crippen LogP contribution in [0.25, 0.3) is 33.4 Å². The van der Waals surface area contributed by atoms with Crippen LogP contribution in [0.1, 0.15) is 48.6 Å². The van der Waals surface area contributed by atoms with E-state index in [0.717, 1.165) is 4.47 Å². The van der Waals surface area contributed by atoms with Gasteiger partial charge in [-0.25, -0.2) is 0 Å². The molecule has 0 spiro atoms. The third-order valence-corrected chi connectivity index (χ3v) is 11.2. The van der Waals surface area contributed by atoms with Crippen molar-refractivity contribution in [1.29, 1.82) is 0 Å². The lowest BCUT2D eigenvalue weighted by Crippen LogP contribution is -2.26. The summed E-state index contributed by atoms with van der Waals surface area (Å²) in [5.41, 5.74) is 15.8. The zero-order chi connectivity index (χ0) is 34.9. The predicted octanol–water partition coefficient (Wildman–Crippen LogP) is 9.65. The van der Waals surface area contributed by atoms with Crippen LogP contribution in [0, 0.1) is 0 Å². The molecule has 50 heavy (non-hydrogen) atoms. The maximum absolute atomic E-state index is 3.57. The lowest BCUT2D eigenvalue weighted by atomic mass is 9.69. The van der Waals surface area contributed by atoms with E-state index in [-0.39, 0.29) is 10.8 Å². The topological polar surface area (TPSA) is 0 Å². The number of benzene rings is 7. The van der Waals surface area contributed by atoms with Crippen LogP contribution < -0.4 is 10.9 Å². The van der Waals surface area contributed by atoms with Crippen molar-refractivity contribution in [3.63, 3.8) is 0 Å². The molecule has 0 nitrogen and oxygen atoms in total. The molecule has 0 aliphatic rings. The molecule has 0 saturated heterocycles. The largest absolute Gasteiger partial charge is 0.139 e. The quantitative estimate of drug-likeness (QED) is 0.109. The Hall–Kier alpha value is -4.85. The van der Waals surface area contributed by atoms with Gasteiger partial charge in [0.15, 0.2) is 0 Å². The van der Waals surface area contributed by atoms with Crippen LogP contribution in [0.5, 0.6) is 0 Å². The molecule has 0 aliphatic heterocycles. The molecule has 3 heteroatoms. The summed E-state index contributed by atoms with van der Waals surface area (Å²) in [5.74, 6) is 0. The van der Waals surface area contributed by atoms with Gasteiger partial charge in [0.05, 0.1) is 0 Å². The third-order valence-electron chi connectivity index (χ3n) is 10.7. The molecule has 242 valence electrons. The van der Waals surface area contributed by atoms with Crippen molar-refractivity contribution in [3.05, 3.63) is 202 Å². The molecule has 0 amide bonds. The molecular formula is C47H41B2Br. The van der Waals surface area contributed by atoms with Gasteiger partial charge in [-0.05, 0) is 80.3 Å². The molecule has 0 aliphatic carbocycles. The molecule has 7 rings (SSSR count). The van der Waals surface area contributed by atoms with Crippen molar-refractivity contribution in [2.24, 2.45) is 0 Å². The van der Waals surface area contributed by atoms with E-state index in [1.807, 2.05) is 0 Å². The molecule has 0 bridgehead atoms. The van der Waals surface area contributed by atoms with E-state index in [4.69, 9.17) is 0 Å². The normalized spacial score (nSPS) is 12.7. The highest BCUT2D eigenvalue weighted by Gasteiger charge is 2.32. The Morgan fingerprint density at radius 2 is 0.540 bits per heavy atom. The fourth-order valence-electron chi connectivity index (χ4n) is 7.09. The summed E-state index contributed by atoms with van der Waals surface area (Å²) in [6.45, 7) is 7.02. The fourth-order valence-corrected chi connectivity index (χ4v) is 7.36. The lowest BCUT2D eigenvalue weighted by molar-refractivity contribution is 0.637. The SMILES string of the molecule is Bc1ccc(-c2ccc(C(C)(C)c3ccc(C(C)(c4ccc(-c5ccc(B)cc5)cc4)c4ccc(-c5ccc(Br)cc5)cc4)cc3)cc2)cc1. The van der Waals surface area contributed by atoms with Crippen LogP contribution in [-0.2, 0) is 10.8 Å². The standard InChI is InChI=1S/C47H41B2Br/c1-46(2,38-16-4-32(5-17-38)35-10-26-43(48)27-11-35)39-22-24-42(25-23-39)47(3,40-18-6-33(7-19-40)36-12-28-44(49)29-13-36)41-20-8-34(9-21-41)37-14-30-45(50)31-15-37/h4-31H,48-49H2,1-3H3. The summed E-state index contributed by atoms with van der Waals surface area (Å²) in [6, 6.07) is 62.8. The first-order chi connectivity index (χ1) is 24.1. The fraction of sp³-hybridized carbons (Fsp3) is 0.106. The highest BCUT2D eigenvalue weighted by molar-refractivity contribution is 9.10. The van der Waals surface area contributed by atoms with Crippen LogP contribution in [0.3, 0.4) is 0 Å². The van der Waals surface area contributed by atoms with E-state index >= 15 is 0 Å². The minimum atomic E-state index is -0.359. The molecule has 0 heterocycles. The lowest BCUT2D eigenvalue weighted by Gasteiger charge is -2.33. The van der Waals surface area contributed by atoms with Gasteiger partial charge < -0.3 is 0 Å². The first-order valence-corrected chi connectivity index (χ1v) is 18.2. The van der Waals surface area contributed by atoms with Crippen molar-refractivity contribution in [3.8, 4) is 33.4 Å². The van der Waals surface area contributed by atoms with Crippen molar-refractivity contribution < 1.29 is 0 Å². The van der Waals surface area contributed by atoms with E-state index in [2.05, 4.69) is 222 Å². The minimum Gasteiger partial charge on any atom is -0.0889 e. The van der Waals surface area contributed by atoms with Gasteiger partial charge in [0.1, 0.15) is 15.7 Å². The van der Waals surface area contributed by atoms with Crippen molar-refractivity contribution in [1.82, 2.24) is 0 Å². The van der Waals surface area contributed by atoms with Crippen molar-refractivity contribution in [2.75, 3.05) is 0 Å². The summed E-state index contributed by atoms with van der Waals surface area (Å²) in [7, 11) is 4.27. The van der Waals surface area contributed by atoms with Crippen LogP contribution in [0.15, 0.2) is 174 Å². The average molecular weight is 707 g/mol. The summed E-state index contributed by atoms with van der Waals surface area (Å²) < 4.78 is 1.09. The van der Waals surface area contributed by atoms with Crippen LogP contribution in [0.2, 0.25) is 0 Å². The first-order valence-electron chi connectivity index (χ1n) is 17.4. The molecule has 7 aromatic rings. The zero-order valence-corrected chi connectivity index (χ0v) is 31.1. The van der Waals surface area contributed by atoms with Gasteiger partial charge in [-0.15, -0.1) is 0 Å². The molecule has 0 N–H and O–H groups in total. The van der Waals surface area contributed by atoms with E-state index in [1.165, 1.54) is 72.1 Å². The first kappa shape index (κ1) is 33.6. The number of hydrogen-bond acceptors (Lipinski definition) is 0. The second-order valence-electron chi connectivity index (χ2n) is 14.3. The maximum atomic E-state index is 3.57. The van der Waals surface area contributed by atoms with Gasteiger partial charge in [-0.2, -0.15) is 0 Å². The number of hydrogen-bond donors (Lipinski definition) is 0. The summed E-state index contributed by atoms with van der Waals surface area (Å²) >= 11 is 3.57. The van der Waals surface area contributed by atoms with Crippen molar-refractivity contribution >= 4 is 42.5 Å². The Morgan fingerprint density at radius 1 is 0.320 bits per heavy atom. The zero-order valence-electron chi connectivity index (χ0n) is 29.5. The number of rotatable bonds is 8. The second kappa shape index (κ2) is 13.8. The van der Waals surface area contributed by atoms with Gasteiger partial charge in [-0.1, -0.05) is 198 Å². The summed E-state index contributed by atoms with van der Waals surface area (Å²) in [6.07, 6.45) is 0. The van der Waals surface area contributed by atoms with Crippen LogP contribution >= 0.6 is 15.9 Å². The average Bonchev–Trinajstić information content (AvgIpc) is 3.16. The monoisotopic (exact) mass is 706 g/mol. The van der Waals surface area contributed by atoms with Gasteiger partial charge in [0.2, 0.25) is 0 Å². The Labute approximate surface area is 308 Å². The van der Waals surface area contributed by atoms with Crippen molar-refractivity contribution in [2.45, 2.75) is 31.6 Å². The Balaban J connectivity index is 1.24. The number of halogens is 1. The van der Waals surface area contributed by atoms with Gasteiger partial charge in [0.25, 0.3) is 0 Å². The molecular weight excluding hydrogens is 666 g/mol. The summed E-state index contributed by atoms with van der Waals surface area (Å²) in [5, 5.41) is 0. The van der Waals surface area contributed by atoms with Crippen LogP contribution in [0.4, 0.5) is 0 Å². The maximum Gasteiger partial charge on any atom is 0.139 e. The highest BCUT2D eigenvalue weighted by Crippen LogP contribution is 2.42. The van der Waals surface area contributed by atoms with E-state index in [1.54, 1.807) is 0 Å². The van der Waals surface area contributed by atoms with Crippen LogP contribution in [-0.4, -0.2) is 15.7 Å². The van der Waals surface area contributed by atoms with E-state index < -0.39 is 0 Å². The summed E-state index contributed by atoms with van der Waals surface area (Å²) in [4.78, 5) is 0. The van der Waals surface area contributed by atoms with E-state index in [9.17, 15) is 0 Å². The Bertz CT molecular complexity index is 2110. The van der Waals surface area contributed by atoms with E-state index in [0.29, 0.717) is 0 Å². The second-order valence-corrected chi connectivity index (χ2v) is 15.2. The third kappa shape index (κ3) is 6.68. The predicted molar refractivity (Wildman–Crippen MR) is 224 cm³/mol. The highest BCUT2D eigenvalue weighted by atomic mass is 79.9. The molecule has 0 fully saturated rings. The molecule has 1 atom stereocenters. The Kier molecular flexibility index (Phi) is 9.29. The molecule has 0 aromatic heterocycles. The molecule has 7 aromatic carbocycles. The molecule has 0 radical (unpaired) electrons. The minimum absolute atomic E-state index is 0.150. The smallest absolute Gasteiger partial charge is 0.0889 e. The molecule has 0 saturated carbocycles.